The highest BCUT2D eigenvalue weighted by Crippen LogP contribution is 2.21. The number of piperazine rings is 1. The number of nitrogens with zero attached hydrogens (tertiary/aromatic N) is 3. The first-order chi connectivity index (χ1) is 11.4. The largest absolute Gasteiger partial charge is 0.492 e. The third-order valence-electron chi connectivity index (χ3n) is 4.16. The van der Waals surface area contributed by atoms with Crippen LogP contribution in [0, 0.1) is 11.3 Å². The van der Waals surface area contributed by atoms with Crippen molar-refractivity contribution in [1.82, 2.24) is 4.90 Å². The minimum Gasteiger partial charge on any atom is -0.492 e. The summed E-state index contributed by atoms with van der Waals surface area (Å²) in [7, 11) is 0. The fraction of sp³-hybridized carbons (Fsp3) is 0.316. The highest BCUT2D eigenvalue weighted by Gasteiger charge is 2.18. The van der Waals surface area contributed by atoms with Crippen molar-refractivity contribution >= 4 is 5.69 Å². The molecule has 1 saturated heterocycles. The molecule has 2 aromatic rings. The molecule has 0 N–H and O–H groups in total. The summed E-state index contributed by atoms with van der Waals surface area (Å²) < 4.78 is 5.76. The third-order valence-corrected chi connectivity index (χ3v) is 4.16. The van der Waals surface area contributed by atoms with Crippen LogP contribution in [0.4, 0.5) is 5.69 Å². The van der Waals surface area contributed by atoms with Gasteiger partial charge in [0.25, 0.3) is 0 Å². The van der Waals surface area contributed by atoms with Gasteiger partial charge in [-0.25, -0.2) is 0 Å². The molecule has 4 nitrogen and oxygen atoms in total. The van der Waals surface area contributed by atoms with Gasteiger partial charge in [-0.1, -0.05) is 30.3 Å². The molecule has 0 unspecified atom stereocenters. The van der Waals surface area contributed by atoms with Crippen LogP contribution < -0.4 is 9.64 Å². The van der Waals surface area contributed by atoms with Crippen molar-refractivity contribution in [3.05, 3.63) is 60.2 Å². The maximum absolute atomic E-state index is 9.22. The molecule has 0 radical (unpaired) electrons. The second kappa shape index (κ2) is 7.66. The Balaban J connectivity index is 1.46. The number of benzene rings is 2. The Morgan fingerprint density at radius 3 is 2.35 bits per heavy atom. The second-order valence-electron chi connectivity index (χ2n) is 5.62. The van der Waals surface area contributed by atoms with E-state index in [1.54, 1.807) is 0 Å². The van der Waals surface area contributed by atoms with E-state index in [-0.39, 0.29) is 0 Å². The van der Waals surface area contributed by atoms with Crippen molar-refractivity contribution < 1.29 is 4.74 Å². The van der Waals surface area contributed by atoms with Crippen molar-refractivity contribution in [2.24, 2.45) is 0 Å². The molecule has 0 aliphatic carbocycles. The zero-order valence-corrected chi connectivity index (χ0v) is 13.2. The molecule has 1 fully saturated rings. The van der Waals surface area contributed by atoms with Gasteiger partial charge in [0.2, 0.25) is 0 Å². The van der Waals surface area contributed by atoms with E-state index in [1.807, 2.05) is 54.6 Å². The molecule has 1 aliphatic heterocycles. The first-order valence-corrected chi connectivity index (χ1v) is 8.01. The number of hydrogen-bond acceptors (Lipinski definition) is 4. The summed E-state index contributed by atoms with van der Waals surface area (Å²) in [5.74, 6) is 0.925. The lowest BCUT2D eigenvalue weighted by Crippen LogP contribution is -2.47. The molecule has 0 amide bonds. The van der Waals surface area contributed by atoms with Crippen LogP contribution in [-0.4, -0.2) is 44.2 Å². The summed E-state index contributed by atoms with van der Waals surface area (Å²) >= 11 is 0. The fourth-order valence-corrected chi connectivity index (χ4v) is 2.87. The molecule has 118 valence electrons. The summed E-state index contributed by atoms with van der Waals surface area (Å²) in [6.45, 7) is 5.53. The van der Waals surface area contributed by atoms with Gasteiger partial charge in [0.05, 0.1) is 11.3 Å². The Bertz CT molecular complexity index is 658. The van der Waals surface area contributed by atoms with Gasteiger partial charge in [-0.15, -0.1) is 0 Å². The molecule has 2 aromatic carbocycles. The van der Waals surface area contributed by atoms with Crippen molar-refractivity contribution in [2.45, 2.75) is 0 Å². The van der Waals surface area contributed by atoms with E-state index in [4.69, 9.17) is 4.74 Å². The van der Waals surface area contributed by atoms with Crippen molar-refractivity contribution in [2.75, 3.05) is 44.2 Å². The van der Waals surface area contributed by atoms with Crippen LogP contribution in [-0.2, 0) is 0 Å². The predicted octanol–water partition coefficient (Wildman–Crippen LogP) is 2.76. The highest BCUT2D eigenvalue weighted by molar-refractivity contribution is 5.59. The van der Waals surface area contributed by atoms with E-state index in [0.29, 0.717) is 6.61 Å². The molecule has 0 bridgehead atoms. The average molecular weight is 307 g/mol. The normalized spacial score (nSPS) is 15.2. The van der Waals surface area contributed by atoms with Crippen LogP contribution >= 0.6 is 0 Å². The standard InChI is InChI=1S/C19H21N3O/c20-16-17-6-4-5-9-19(17)22-12-10-21(11-13-22)14-15-23-18-7-2-1-3-8-18/h1-9H,10-15H2. The van der Waals surface area contributed by atoms with Gasteiger partial charge >= 0.3 is 0 Å². The maximum atomic E-state index is 9.22. The number of anilines is 1. The molecule has 23 heavy (non-hydrogen) atoms. The summed E-state index contributed by atoms with van der Waals surface area (Å²) in [4.78, 5) is 4.71. The van der Waals surface area contributed by atoms with Crippen LogP contribution in [0.5, 0.6) is 5.75 Å². The summed E-state index contributed by atoms with van der Waals surface area (Å²) in [5.41, 5.74) is 1.81. The van der Waals surface area contributed by atoms with E-state index in [1.165, 1.54) is 0 Å². The molecule has 0 atom stereocenters. The first-order valence-electron chi connectivity index (χ1n) is 8.01. The smallest absolute Gasteiger partial charge is 0.119 e. The van der Waals surface area contributed by atoms with E-state index in [2.05, 4.69) is 15.9 Å². The van der Waals surface area contributed by atoms with Crippen LogP contribution in [0.1, 0.15) is 5.56 Å². The van der Waals surface area contributed by atoms with Crippen LogP contribution in [0.2, 0.25) is 0 Å². The molecule has 1 heterocycles. The molecular weight excluding hydrogens is 286 g/mol. The lowest BCUT2D eigenvalue weighted by molar-refractivity contribution is 0.200. The van der Waals surface area contributed by atoms with E-state index < -0.39 is 0 Å². The van der Waals surface area contributed by atoms with Crippen LogP contribution in [0.15, 0.2) is 54.6 Å². The van der Waals surface area contributed by atoms with Crippen LogP contribution in [0.3, 0.4) is 0 Å². The predicted molar refractivity (Wildman–Crippen MR) is 91.7 cm³/mol. The molecule has 0 aromatic heterocycles. The van der Waals surface area contributed by atoms with Gasteiger partial charge in [-0.05, 0) is 24.3 Å². The van der Waals surface area contributed by atoms with Gasteiger partial charge in [-0.2, -0.15) is 5.26 Å². The third kappa shape index (κ3) is 4.02. The lowest BCUT2D eigenvalue weighted by atomic mass is 10.1. The zero-order chi connectivity index (χ0) is 15.9. The Morgan fingerprint density at radius 2 is 1.61 bits per heavy atom. The SMILES string of the molecule is N#Cc1ccccc1N1CCN(CCOc2ccccc2)CC1. The first kappa shape index (κ1) is 15.4. The fourth-order valence-electron chi connectivity index (χ4n) is 2.87. The molecular formula is C19H21N3O. The topological polar surface area (TPSA) is 39.5 Å². The number of hydrogen-bond donors (Lipinski definition) is 0. The van der Waals surface area contributed by atoms with Gasteiger partial charge in [-0.3, -0.25) is 4.90 Å². The molecule has 1 aliphatic rings. The van der Waals surface area contributed by atoms with E-state index >= 15 is 0 Å². The van der Waals surface area contributed by atoms with Crippen molar-refractivity contribution in [1.29, 1.82) is 5.26 Å². The van der Waals surface area contributed by atoms with Gasteiger partial charge in [0, 0.05) is 32.7 Å². The molecule has 0 saturated carbocycles. The summed E-state index contributed by atoms with van der Waals surface area (Å²) in [5, 5.41) is 9.22. The Kier molecular flexibility index (Phi) is 5.13. The summed E-state index contributed by atoms with van der Waals surface area (Å²) in [6, 6.07) is 20.0. The Labute approximate surface area is 137 Å². The second-order valence-corrected chi connectivity index (χ2v) is 5.62. The quantitative estimate of drug-likeness (QED) is 0.851. The number of ether oxygens (including phenoxy) is 1. The maximum Gasteiger partial charge on any atom is 0.119 e. The van der Waals surface area contributed by atoms with E-state index in [9.17, 15) is 5.26 Å². The summed E-state index contributed by atoms with van der Waals surface area (Å²) in [6.07, 6.45) is 0. The number of rotatable bonds is 5. The number of nitriles is 1. The Hall–Kier alpha value is -2.51. The monoisotopic (exact) mass is 307 g/mol. The molecule has 3 rings (SSSR count). The lowest BCUT2D eigenvalue weighted by Gasteiger charge is -2.36. The Morgan fingerprint density at radius 1 is 0.913 bits per heavy atom. The van der Waals surface area contributed by atoms with Gasteiger partial charge < -0.3 is 9.64 Å². The number of para-hydroxylation sites is 2. The zero-order valence-electron chi connectivity index (χ0n) is 13.2. The van der Waals surface area contributed by atoms with Crippen LogP contribution in [0.25, 0.3) is 0 Å². The minimum atomic E-state index is 0.707. The van der Waals surface area contributed by atoms with E-state index in [0.717, 1.165) is 49.7 Å². The molecule has 0 spiro atoms. The van der Waals surface area contributed by atoms with Gasteiger partial charge in [0.15, 0.2) is 0 Å². The average Bonchev–Trinajstić information content (AvgIpc) is 2.63. The molecule has 4 heteroatoms. The van der Waals surface area contributed by atoms with Gasteiger partial charge in [0.1, 0.15) is 18.4 Å². The van der Waals surface area contributed by atoms with Crippen molar-refractivity contribution in [3.8, 4) is 11.8 Å². The highest BCUT2D eigenvalue weighted by atomic mass is 16.5. The minimum absolute atomic E-state index is 0.707. The van der Waals surface area contributed by atoms with Crippen molar-refractivity contribution in [3.63, 3.8) is 0 Å².